The van der Waals surface area contributed by atoms with E-state index in [1.807, 2.05) is 0 Å². The molecule has 2 N–H and O–H groups in total. The summed E-state index contributed by atoms with van der Waals surface area (Å²) >= 11 is 6.08. The van der Waals surface area contributed by atoms with Crippen molar-refractivity contribution in [1.29, 1.82) is 0 Å². The standard InChI is InChI=1S/C20H20ClN3O5S/c1-20(2,3)24-23-15(13-9-6-10-30(13,28)29)19(27)22-16-14(21)17(25)11-7-4-5-8-12(11)18(16)26/h4-9,13,24H,10H2,1-3H3,(H,22,27)/b23-15-. The smallest absolute Gasteiger partial charge is 0.273 e. The van der Waals surface area contributed by atoms with Crippen LogP contribution in [-0.2, 0) is 14.6 Å². The molecule has 30 heavy (non-hydrogen) atoms. The van der Waals surface area contributed by atoms with E-state index in [4.69, 9.17) is 11.6 Å². The van der Waals surface area contributed by atoms with Crippen molar-refractivity contribution in [2.75, 3.05) is 5.75 Å². The van der Waals surface area contributed by atoms with Gasteiger partial charge in [0.25, 0.3) is 5.91 Å². The van der Waals surface area contributed by atoms with E-state index in [9.17, 15) is 22.8 Å². The van der Waals surface area contributed by atoms with Crippen molar-refractivity contribution in [3.05, 3.63) is 58.3 Å². The second-order valence-corrected chi connectivity index (χ2v) is 10.4. The highest BCUT2D eigenvalue weighted by Crippen LogP contribution is 2.27. The molecule has 0 bridgehead atoms. The number of nitrogens with zero attached hydrogens (tertiary/aromatic N) is 1. The highest BCUT2D eigenvalue weighted by atomic mass is 35.5. The van der Waals surface area contributed by atoms with Crippen LogP contribution in [0.25, 0.3) is 0 Å². The molecule has 1 amide bonds. The van der Waals surface area contributed by atoms with E-state index in [0.29, 0.717) is 0 Å². The summed E-state index contributed by atoms with van der Waals surface area (Å²) in [7, 11) is -3.67. The maximum absolute atomic E-state index is 13.0. The SMILES string of the molecule is CC(C)(C)N/N=C(\C(=O)NC1=C(Cl)C(=O)c2ccccc2C1=O)C1C=CCS1(=O)=O. The van der Waals surface area contributed by atoms with Crippen LogP contribution in [0, 0.1) is 0 Å². The van der Waals surface area contributed by atoms with Crippen molar-refractivity contribution in [3.63, 3.8) is 0 Å². The Kier molecular flexibility index (Phi) is 5.70. The lowest BCUT2D eigenvalue weighted by Crippen LogP contribution is -2.44. The molecule has 0 radical (unpaired) electrons. The molecule has 1 aliphatic heterocycles. The summed E-state index contributed by atoms with van der Waals surface area (Å²) < 4.78 is 24.7. The minimum absolute atomic E-state index is 0.0990. The van der Waals surface area contributed by atoms with Crippen LogP contribution in [0.2, 0.25) is 0 Å². The number of halogens is 1. The van der Waals surface area contributed by atoms with Gasteiger partial charge in [0, 0.05) is 16.7 Å². The molecule has 1 aromatic carbocycles. The number of rotatable bonds is 4. The first-order valence-electron chi connectivity index (χ1n) is 9.05. The fraction of sp³-hybridized carbons (Fsp3) is 0.300. The number of carbonyl (C=O) groups is 3. The average Bonchev–Trinajstić information content (AvgIpc) is 3.01. The minimum atomic E-state index is -3.67. The van der Waals surface area contributed by atoms with Gasteiger partial charge in [-0.05, 0) is 20.8 Å². The quantitative estimate of drug-likeness (QED) is 0.410. The predicted octanol–water partition coefficient (Wildman–Crippen LogP) is 1.73. The van der Waals surface area contributed by atoms with E-state index in [1.54, 1.807) is 32.9 Å². The van der Waals surface area contributed by atoms with Crippen molar-refractivity contribution in [2.45, 2.75) is 31.6 Å². The third-order valence-electron chi connectivity index (χ3n) is 4.34. The number of carbonyl (C=O) groups excluding carboxylic acids is 3. The van der Waals surface area contributed by atoms with E-state index in [-0.39, 0.29) is 22.6 Å². The topological polar surface area (TPSA) is 122 Å². The molecule has 1 aromatic rings. The Hall–Kier alpha value is -2.78. The Labute approximate surface area is 179 Å². The Morgan fingerprint density at radius 3 is 2.27 bits per heavy atom. The second-order valence-electron chi connectivity index (χ2n) is 7.88. The first kappa shape index (κ1) is 21.9. The number of fused-ring (bicyclic) bond motifs is 1. The van der Waals surface area contributed by atoms with Crippen LogP contribution in [0.15, 0.2) is 52.2 Å². The van der Waals surface area contributed by atoms with E-state index in [2.05, 4.69) is 15.8 Å². The van der Waals surface area contributed by atoms with E-state index < -0.39 is 48.8 Å². The Bertz CT molecular complexity index is 1140. The zero-order valence-corrected chi connectivity index (χ0v) is 18.1. The normalized spacial score (nSPS) is 20.9. The first-order valence-corrected chi connectivity index (χ1v) is 11.1. The number of allylic oxidation sites excluding steroid dienone is 2. The maximum atomic E-state index is 13.0. The number of Topliss-reactive ketones (excluding diaryl/α,β-unsaturated/α-hetero) is 2. The Morgan fingerprint density at radius 2 is 1.73 bits per heavy atom. The average molecular weight is 450 g/mol. The number of sulfone groups is 1. The summed E-state index contributed by atoms with van der Waals surface area (Å²) in [5.74, 6) is -2.42. The van der Waals surface area contributed by atoms with Crippen LogP contribution in [-0.4, -0.2) is 48.1 Å². The molecule has 10 heteroatoms. The van der Waals surface area contributed by atoms with Gasteiger partial charge >= 0.3 is 0 Å². The van der Waals surface area contributed by atoms with Crippen LogP contribution < -0.4 is 10.7 Å². The highest BCUT2D eigenvalue weighted by Gasteiger charge is 2.38. The number of nitrogens with one attached hydrogen (secondary N) is 2. The number of hydrogen-bond donors (Lipinski definition) is 2. The molecule has 2 aliphatic rings. The van der Waals surface area contributed by atoms with Crippen molar-refractivity contribution in [3.8, 4) is 0 Å². The zero-order valence-electron chi connectivity index (χ0n) is 16.5. The van der Waals surface area contributed by atoms with Gasteiger partial charge in [-0.3, -0.25) is 14.4 Å². The molecule has 1 unspecified atom stereocenters. The lowest BCUT2D eigenvalue weighted by atomic mass is 9.92. The van der Waals surface area contributed by atoms with Gasteiger partial charge in [0.15, 0.2) is 9.84 Å². The molecule has 158 valence electrons. The second kappa shape index (κ2) is 7.81. The van der Waals surface area contributed by atoms with Crippen LogP contribution in [0.3, 0.4) is 0 Å². The van der Waals surface area contributed by atoms with E-state index in [1.165, 1.54) is 24.3 Å². The van der Waals surface area contributed by atoms with Gasteiger partial charge in [-0.25, -0.2) is 8.42 Å². The van der Waals surface area contributed by atoms with Gasteiger partial charge in [-0.1, -0.05) is 48.0 Å². The molecule has 0 aromatic heterocycles. The maximum Gasteiger partial charge on any atom is 0.273 e. The minimum Gasteiger partial charge on any atom is -0.316 e. The predicted molar refractivity (Wildman–Crippen MR) is 113 cm³/mol. The van der Waals surface area contributed by atoms with Crippen molar-refractivity contribution in [1.82, 2.24) is 10.7 Å². The summed E-state index contributed by atoms with van der Waals surface area (Å²) in [6, 6.07) is 6.09. The summed E-state index contributed by atoms with van der Waals surface area (Å²) in [5.41, 5.74) is 1.65. The van der Waals surface area contributed by atoms with Gasteiger partial charge in [0.2, 0.25) is 11.6 Å². The number of hydrazone groups is 1. The summed E-state index contributed by atoms with van der Waals surface area (Å²) in [6.45, 7) is 5.35. The Balaban J connectivity index is 1.98. The van der Waals surface area contributed by atoms with Crippen LogP contribution >= 0.6 is 11.6 Å². The molecular formula is C20H20ClN3O5S. The van der Waals surface area contributed by atoms with Gasteiger partial charge in [-0.2, -0.15) is 5.10 Å². The molecule has 0 fully saturated rings. The van der Waals surface area contributed by atoms with Crippen LogP contribution in [0.1, 0.15) is 41.5 Å². The van der Waals surface area contributed by atoms with Gasteiger partial charge in [0.05, 0.1) is 5.75 Å². The van der Waals surface area contributed by atoms with E-state index in [0.717, 1.165) is 0 Å². The fourth-order valence-corrected chi connectivity index (χ4v) is 4.58. The lowest BCUT2D eigenvalue weighted by Gasteiger charge is -2.22. The fourth-order valence-electron chi connectivity index (χ4n) is 2.90. The van der Waals surface area contributed by atoms with Gasteiger partial charge in [-0.15, -0.1) is 0 Å². The van der Waals surface area contributed by atoms with Gasteiger partial charge < -0.3 is 10.7 Å². The van der Waals surface area contributed by atoms with Crippen molar-refractivity contribution in [2.24, 2.45) is 5.10 Å². The number of hydrogen-bond acceptors (Lipinski definition) is 7. The Morgan fingerprint density at radius 1 is 1.13 bits per heavy atom. The molecule has 0 saturated heterocycles. The number of amides is 1. The van der Waals surface area contributed by atoms with Crippen molar-refractivity contribution >= 4 is 44.6 Å². The monoisotopic (exact) mass is 449 g/mol. The third-order valence-corrected chi connectivity index (χ3v) is 6.51. The number of ketones is 2. The summed E-state index contributed by atoms with van der Waals surface area (Å²) in [6.07, 6.45) is 2.79. The molecule has 0 spiro atoms. The summed E-state index contributed by atoms with van der Waals surface area (Å²) in [4.78, 5) is 38.3. The lowest BCUT2D eigenvalue weighted by molar-refractivity contribution is -0.114. The highest BCUT2D eigenvalue weighted by molar-refractivity contribution is 7.93. The zero-order chi connectivity index (χ0) is 22.3. The third kappa shape index (κ3) is 4.22. The molecule has 1 heterocycles. The molecule has 1 atom stereocenters. The largest absolute Gasteiger partial charge is 0.316 e. The van der Waals surface area contributed by atoms with Crippen LogP contribution in [0.4, 0.5) is 0 Å². The molecular weight excluding hydrogens is 430 g/mol. The van der Waals surface area contributed by atoms with Crippen molar-refractivity contribution < 1.29 is 22.8 Å². The molecule has 3 rings (SSSR count). The molecule has 1 aliphatic carbocycles. The van der Waals surface area contributed by atoms with Crippen LogP contribution in [0.5, 0.6) is 0 Å². The van der Waals surface area contributed by atoms with E-state index >= 15 is 0 Å². The number of benzene rings is 1. The molecule has 8 nitrogen and oxygen atoms in total. The molecule has 0 saturated carbocycles. The first-order chi connectivity index (χ1) is 13.9. The van der Waals surface area contributed by atoms with Gasteiger partial charge in [0.1, 0.15) is 21.7 Å². The summed E-state index contributed by atoms with van der Waals surface area (Å²) in [5, 5.41) is 4.60.